The van der Waals surface area contributed by atoms with Crippen molar-refractivity contribution in [3.8, 4) is 11.3 Å². The van der Waals surface area contributed by atoms with E-state index in [0.29, 0.717) is 0 Å². The number of nitro benzene ring substituents is 1. The predicted molar refractivity (Wildman–Crippen MR) is 55.3 cm³/mol. The Hall–Kier alpha value is -2.17. The molecule has 0 unspecified atom stereocenters. The molecule has 5 nitrogen and oxygen atoms in total. The second-order valence-corrected chi connectivity index (χ2v) is 3.19. The number of aromatic nitrogens is 2. The van der Waals surface area contributed by atoms with Crippen molar-refractivity contribution >= 4 is 5.69 Å². The molecule has 0 saturated carbocycles. The van der Waals surface area contributed by atoms with E-state index in [-0.39, 0.29) is 5.69 Å². The zero-order valence-corrected chi connectivity index (χ0v) is 8.12. The van der Waals surface area contributed by atoms with Crippen LogP contribution in [-0.4, -0.2) is 14.5 Å². The number of non-ortho nitro benzene ring substituents is 1. The summed E-state index contributed by atoms with van der Waals surface area (Å²) < 4.78 is 1.86. The zero-order valence-electron chi connectivity index (χ0n) is 8.12. The van der Waals surface area contributed by atoms with Gasteiger partial charge in [0.15, 0.2) is 0 Å². The van der Waals surface area contributed by atoms with Crippen LogP contribution < -0.4 is 0 Å². The molecule has 0 radical (unpaired) electrons. The summed E-state index contributed by atoms with van der Waals surface area (Å²) in [6, 6.07) is 6.41. The van der Waals surface area contributed by atoms with Gasteiger partial charge in [-0.2, -0.15) is 0 Å². The van der Waals surface area contributed by atoms with Crippen LogP contribution in [0.25, 0.3) is 11.3 Å². The summed E-state index contributed by atoms with van der Waals surface area (Å²) in [6.45, 7) is 0. The van der Waals surface area contributed by atoms with Gasteiger partial charge in [-0.25, -0.2) is 4.98 Å². The molecule has 0 aliphatic heterocycles. The first kappa shape index (κ1) is 9.39. The average Bonchev–Trinajstić information content (AvgIpc) is 2.65. The van der Waals surface area contributed by atoms with Crippen molar-refractivity contribution in [1.82, 2.24) is 9.55 Å². The van der Waals surface area contributed by atoms with E-state index in [4.69, 9.17) is 0 Å². The van der Waals surface area contributed by atoms with E-state index in [9.17, 15) is 10.1 Å². The third-order valence-corrected chi connectivity index (χ3v) is 2.19. The number of hydrogen-bond acceptors (Lipinski definition) is 3. The van der Waals surface area contributed by atoms with Gasteiger partial charge >= 0.3 is 0 Å². The van der Waals surface area contributed by atoms with Gasteiger partial charge in [-0.1, -0.05) is 0 Å². The largest absolute Gasteiger partial charge is 0.334 e. The molecule has 0 atom stereocenters. The number of aryl methyl sites for hydroxylation is 1. The predicted octanol–water partition coefficient (Wildman–Crippen LogP) is 2.00. The van der Waals surface area contributed by atoms with Crippen LogP contribution in [0.1, 0.15) is 0 Å². The van der Waals surface area contributed by atoms with Gasteiger partial charge in [0.25, 0.3) is 5.69 Å². The molecule has 15 heavy (non-hydrogen) atoms. The lowest BCUT2D eigenvalue weighted by molar-refractivity contribution is -0.384. The number of hydrogen-bond donors (Lipinski definition) is 0. The van der Waals surface area contributed by atoms with E-state index in [1.54, 1.807) is 24.7 Å². The Morgan fingerprint density at radius 1 is 1.33 bits per heavy atom. The number of nitro groups is 1. The normalized spacial score (nSPS) is 10.2. The molecular weight excluding hydrogens is 194 g/mol. The molecule has 0 spiro atoms. The monoisotopic (exact) mass is 203 g/mol. The quantitative estimate of drug-likeness (QED) is 0.554. The fraction of sp³-hybridized carbons (Fsp3) is 0.100. The SMILES string of the molecule is Cn1cncc1-c1ccc([N+](=O)[O-])cc1. The highest BCUT2D eigenvalue weighted by Crippen LogP contribution is 2.21. The van der Waals surface area contributed by atoms with Crippen molar-refractivity contribution in [1.29, 1.82) is 0 Å². The molecule has 1 heterocycles. The van der Waals surface area contributed by atoms with Gasteiger partial charge in [0.1, 0.15) is 0 Å². The van der Waals surface area contributed by atoms with Gasteiger partial charge in [0.2, 0.25) is 0 Å². The molecule has 2 aromatic rings. The van der Waals surface area contributed by atoms with Gasteiger partial charge in [0.05, 0.1) is 23.1 Å². The second-order valence-electron chi connectivity index (χ2n) is 3.19. The van der Waals surface area contributed by atoms with Crippen LogP contribution >= 0.6 is 0 Å². The van der Waals surface area contributed by atoms with Crippen molar-refractivity contribution in [3.63, 3.8) is 0 Å². The molecule has 5 heteroatoms. The molecule has 76 valence electrons. The molecule has 0 N–H and O–H groups in total. The molecule has 0 bridgehead atoms. The third kappa shape index (κ3) is 1.71. The van der Waals surface area contributed by atoms with Crippen LogP contribution in [0.4, 0.5) is 5.69 Å². The van der Waals surface area contributed by atoms with Crippen LogP contribution in [0.5, 0.6) is 0 Å². The fourth-order valence-corrected chi connectivity index (χ4v) is 1.39. The minimum Gasteiger partial charge on any atom is -0.334 e. The van der Waals surface area contributed by atoms with Crippen molar-refractivity contribution in [2.24, 2.45) is 7.05 Å². The van der Waals surface area contributed by atoms with E-state index < -0.39 is 4.92 Å². The Labute approximate surface area is 86.1 Å². The molecule has 0 aliphatic carbocycles. The fourth-order valence-electron chi connectivity index (χ4n) is 1.39. The maximum Gasteiger partial charge on any atom is 0.269 e. The maximum atomic E-state index is 10.5. The lowest BCUT2D eigenvalue weighted by Gasteiger charge is -2.01. The van der Waals surface area contributed by atoms with E-state index in [2.05, 4.69) is 4.98 Å². The Kier molecular flexibility index (Phi) is 2.21. The van der Waals surface area contributed by atoms with E-state index in [1.807, 2.05) is 11.6 Å². The lowest BCUT2D eigenvalue weighted by atomic mass is 10.1. The van der Waals surface area contributed by atoms with Gasteiger partial charge in [-0.15, -0.1) is 0 Å². The zero-order chi connectivity index (χ0) is 10.8. The highest BCUT2D eigenvalue weighted by atomic mass is 16.6. The first-order valence-corrected chi connectivity index (χ1v) is 4.39. The minimum atomic E-state index is -0.410. The summed E-state index contributed by atoms with van der Waals surface area (Å²) in [5.41, 5.74) is 1.95. The Balaban J connectivity index is 2.40. The molecular formula is C10H9N3O2. The van der Waals surface area contributed by atoms with Crippen LogP contribution in [-0.2, 0) is 7.05 Å². The number of imidazole rings is 1. The molecule has 0 saturated heterocycles. The van der Waals surface area contributed by atoms with Crippen molar-refractivity contribution in [2.75, 3.05) is 0 Å². The van der Waals surface area contributed by atoms with Gasteiger partial charge in [-0.05, 0) is 12.1 Å². The maximum absolute atomic E-state index is 10.5. The van der Waals surface area contributed by atoms with E-state index in [0.717, 1.165) is 11.3 Å². The molecule has 0 aliphatic rings. The van der Waals surface area contributed by atoms with Crippen LogP contribution in [0.15, 0.2) is 36.8 Å². The van der Waals surface area contributed by atoms with Gasteiger partial charge < -0.3 is 4.57 Å². The topological polar surface area (TPSA) is 61.0 Å². The summed E-state index contributed by atoms with van der Waals surface area (Å²) in [4.78, 5) is 14.0. The summed E-state index contributed by atoms with van der Waals surface area (Å²) >= 11 is 0. The molecule has 1 aromatic carbocycles. The smallest absolute Gasteiger partial charge is 0.269 e. The Morgan fingerprint density at radius 2 is 2.00 bits per heavy atom. The molecule has 1 aromatic heterocycles. The van der Waals surface area contributed by atoms with Crippen molar-refractivity contribution in [2.45, 2.75) is 0 Å². The Morgan fingerprint density at radius 3 is 2.47 bits per heavy atom. The molecule has 2 rings (SSSR count). The van der Waals surface area contributed by atoms with E-state index >= 15 is 0 Å². The average molecular weight is 203 g/mol. The lowest BCUT2D eigenvalue weighted by Crippen LogP contribution is -1.90. The minimum absolute atomic E-state index is 0.0981. The third-order valence-electron chi connectivity index (χ3n) is 2.19. The Bertz CT molecular complexity index is 488. The number of nitrogens with zero attached hydrogens (tertiary/aromatic N) is 3. The number of rotatable bonds is 2. The van der Waals surface area contributed by atoms with Crippen molar-refractivity contribution < 1.29 is 4.92 Å². The summed E-state index contributed by atoms with van der Waals surface area (Å²) in [5, 5.41) is 10.5. The van der Waals surface area contributed by atoms with Gasteiger partial charge in [0, 0.05) is 24.7 Å². The first-order valence-electron chi connectivity index (χ1n) is 4.39. The molecule has 0 amide bonds. The summed E-state index contributed by atoms with van der Waals surface area (Å²) in [7, 11) is 1.88. The standard InChI is InChI=1S/C10H9N3O2/c1-12-7-11-6-10(12)8-2-4-9(5-3-8)13(14)15/h2-7H,1H3. The second kappa shape index (κ2) is 3.53. The van der Waals surface area contributed by atoms with Gasteiger partial charge in [-0.3, -0.25) is 10.1 Å². The highest BCUT2D eigenvalue weighted by Gasteiger charge is 2.06. The van der Waals surface area contributed by atoms with Crippen molar-refractivity contribution in [3.05, 3.63) is 46.9 Å². The number of benzene rings is 1. The summed E-state index contributed by atoms with van der Waals surface area (Å²) in [6.07, 6.45) is 3.41. The summed E-state index contributed by atoms with van der Waals surface area (Å²) in [5.74, 6) is 0. The first-order chi connectivity index (χ1) is 7.18. The van der Waals surface area contributed by atoms with Crippen LogP contribution in [0.2, 0.25) is 0 Å². The highest BCUT2D eigenvalue weighted by molar-refractivity contribution is 5.60. The van der Waals surface area contributed by atoms with Crippen LogP contribution in [0.3, 0.4) is 0 Å². The van der Waals surface area contributed by atoms with Crippen LogP contribution in [0, 0.1) is 10.1 Å². The van der Waals surface area contributed by atoms with E-state index in [1.165, 1.54) is 12.1 Å². The molecule has 0 fully saturated rings.